The molecule has 0 aliphatic carbocycles. The molecule has 74 valence electrons. The van der Waals surface area contributed by atoms with Crippen LogP contribution in [0.4, 0.5) is 4.79 Å². The minimum atomic E-state index is -1.08. The van der Waals surface area contributed by atoms with Gasteiger partial charge < -0.3 is 20.1 Å². The Balaban J connectivity index is 2.29. The topological polar surface area (TPSA) is 78.9 Å². The molecule has 1 heterocycles. The number of hydrogen-bond acceptors (Lipinski definition) is 3. The third kappa shape index (κ3) is 2.90. The molecule has 6 nitrogen and oxygen atoms in total. The number of amides is 2. The number of morpholine rings is 1. The molecule has 1 aliphatic heterocycles. The Morgan fingerprint density at radius 2 is 2.54 bits per heavy atom. The van der Waals surface area contributed by atoms with Gasteiger partial charge in [0.05, 0.1) is 6.10 Å². The maximum Gasteiger partial charge on any atom is 0.404 e. The van der Waals surface area contributed by atoms with Gasteiger partial charge in [-0.15, -0.1) is 0 Å². The van der Waals surface area contributed by atoms with E-state index in [1.807, 2.05) is 0 Å². The highest BCUT2D eigenvalue weighted by molar-refractivity contribution is 5.77. The standard InChI is InChI=1S/C7H12N2O4/c1-9-3-5(2-8-7(11)12)13-4-6(9)10/h5,8H,2-4H2,1H3,(H,11,12). The van der Waals surface area contributed by atoms with Gasteiger partial charge in [0.2, 0.25) is 5.91 Å². The number of carbonyl (C=O) groups excluding carboxylic acids is 1. The summed E-state index contributed by atoms with van der Waals surface area (Å²) in [6.07, 6.45) is -1.32. The number of carbonyl (C=O) groups is 2. The number of ether oxygens (including phenoxy) is 1. The van der Waals surface area contributed by atoms with Gasteiger partial charge in [-0.25, -0.2) is 4.79 Å². The van der Waals surface area contributed by atoms with Crippen LogP contribution in [0.1, 0.15) is 0 Å². The lowest BCUT2D eigenvalue weighted by Gasteiger charge is -2.29. The fourth-order valence-corrected chi connectivity index (χ4v) is 1.08. The number of hydrogen-bond donors (Lipinski definition) is 2. The zero-order chi connectivity index (χ0) is 9.84. The molecule has 13 heavy (non-hydrogen) atoms. The summed E-state index contributed by atoms with van der Waals surface area (Å²) in [7, 11) is 1.67. The molecule has 1 atom stereocenters. The van der Waals surface area contributed by atoms with E-state index in [4.69, 9.17) is 9.84 Å². The predicted octanol–water partition coefficient (Wildman–Crippen LogP) is -0.889. The second-order valence-electron chi connectivity index (χ2n) is 2.89. The highest BCUT2D eigenvalue weighted by atomic mass is 16.5. The Morgan fingerprint density at radius 1 is 1.85 bits per heavy atom. The van der Waals surface area contributed by atoms with Gasteiger partial charge in [0.1, 0.15) is 6.61 Å². The Labute approximate surface area is 75.5 Å². The maximum atomic E-state index is 10.9. The van der Waals surface area contributed by atoms with Gasteiger partial charge in [-0.1, -0.05) is 0 Å². The highest BCUT2D eigenvalue weighted by Gasteiger charge is 2.23. The van der Waals surface area contributed by atoms with Crippen molar-refractivity contribution in [1.29, 1.82) is 0 Å². The number of likely N-dealkylation sites (N-methyl/N-ethyl adjacent to an activating group) is 1. The van der Waals surface area contributed by atoms with Crippen LogP contribution in [-0.2, 0) is 9.53 Å². The van der Waals surface area contributed by atoms with Gasteiger partial charge in [0, 0.05) is 20.1 Å². The molecule has 0 aromatic rings. The molecular weight excluding hydrogens is 176 g/mol. The molecule has 2 N–H and O–H groups in total. The monoisotopic (exact) mass is 188 g/mol. The maximum absolute atomic E-state index is 10.9. The molecule has 0 aromatic heterocycles. The minimum Gasteiger partial charge on any atom is -0.465 e. The zero-order valence-electron chi connectivity index (χ0n) is 7.32. The van der Waals surface area contributed by atoms with Crippen LogP contribution in [0.3, 0.4) is 0 Å². The van der Waals surface area contributed by atoms with E-state index < -0.39 is 6.09 Å². The molecule has 0 aromatic carbocycles. The van der Waals surface area contributed by atoms with Crippen molar-refractivity contribution in [2.24, 2.45) is 0 Å². The molecule has 1 rings (SSSR count). The average Bonchev–Trinajstić information content (AvgIpc) is 2.07. The highest BCUT2D eigenvalue weighted by Crippen LogP contribution is 2.02. The summed E-state index contributed by atoms with van der Waals surface area (Å²) in [6, 6.07) is 0. The van der Waals surface area contributed by atoms with Crippen LogP contribution in [0.2, 0.25) is 0 Å². The summed E-state index contributed by atoms with van der Waals surface area (Å²) in [4.78, 5) is 22.6. The van der Waals surface area contributed by atoms with Crippen LogP contribution >= 0.6 is 0 Å². The number of carboxylic acid groups (broad SMARTS) is 1. The summed E-state index contributed by atoms with van der Waals surface area (Å²) in [5.41, 5.74) is 0. The van der Waals surface area contributed by atoms with E-state index in [2.05, 4.69) is 5.32 Å². The van der Waals surface area contributed by atoms with Crippen molar-refractivity contribution >= 4 is 12.0 Å². The first-order valence-corrected chi connectivity index (χ1v) is 3.92. The van der Waals surface area contributed by atoms with Crippen LogP contribution < -0.4 is 5.32 Å². The molecular formula is C7H12N2O4. The Bertz CT molecular complexity index is 219. The number of rotatable bonds is 2. The lowest BCUT2D eigenvalue weighted by atomic mass is 10.3. The first-order valence-electron chi connectivity index (χ1n) is 3.92. The molecule has 0 spiro atoms. The van der Waals surface area contributed by atoms with E-state index in [9.17, 15) is 9.59 Å². The van der Waals surface area contributed by atoms with Crippen molar-refractivity contribution in [1.82, 2.24) is 10.2 Å². The molecule has 1 fully saturated rings. The van der Waals surface area contributed by atoms with Gasteiger partial charge in [-0.05, 0) is 0 Å². The normalized spacial score (nSPS) is 23.0. The second-order valence-corrected chi connectivity index (χ2v) is 2.89. The van der Waals surface area contributed by atoms with Crippen molar-refractivity contribution < 1.29 is 19.4 Å². The van der Waals surface area contributed by atoms with Crippen LogP contribution in [0.15, 0.2) is 0 Å². The Kier molecular flexibility index (Phi) is 3.07. The number of nitrogens with zero attached hydrogens (tertiary/aromatic N) is 1. The molecule has 1 saturated heterocycles. The third-order valence-electron chi connectivity index (χ3n) is 1.83. The van der Waals surface area contributed by atoms with Crippen LogP contribution in [0, 0.1) is 0 Å². The minimum absolute atomic E-state index is 0.0302. The van der Waals surface area contributed by atoms with E-state index in [-0.39, 0.29) is 25.2 Å². The van der Waals surface area contributed by atoms with Crippen molar-refractivity contribution in [3.63, 3.8) is 0 Å². The van der Waals surface area contributed by atoms with Crippen molar-refractivity contribution in [3.05, 3.63) is 0 Å². The summed E-state index contributed by atoms with van der Waals surface area (Å²) < 4.78 is 5.09. The lowest BCUT2D eigenvalue weighted by molar-refractivity contribution is -0.146. The molecule has 0 radical (unpaired) electrons. The largest absolute Gasteiger partial charge is 0.465 e. The van der Waals surface area contributed by atoms with Crippen molar-refractivity contribution in [2.45, 2.75) is 6.10 Å². The van der Waals surface area contributed by atoms with Gasteiger partial charge in [-0.3, -0.25) is 4.79 Å². The molecule has 1 aliphatic rings. The second kappa shape index (κ2) is 4.08. The van der Waals surface area contributed by atoms with E-state index >= 15 is 0 Å². The zero-order valence-corrected chi connectivity index (χ0v) is 7.32. The van der Waals surface area contributed by atoms with Gasteiger partial charge in [0.15, 0.2) is 0 Å². The summed E-state index contributed by atoms with van der Waals surface area (Å²) in [5, 5.41) is 10.5. The predicted molar refractivity (Wildman–Crippen MR) is 43.4 cm³/mol. The van der Waals surface area contributed by atoms with E-state index in [1.165, 1.54) is 4.90 Å². The summed E-state index contributed by atoms with van der Waals surface area (Å²) >= 11 is 0. The van der Waals surface area contributed by atoms with Crippen molar-refractivity contribution in [3.8, 4) is 0 Å². The third-order valence-corrected chi connectivity index (χ3v) is 1.83. The van der Waals surface area contributed by atoms with Crippen LogP contribution in [0.5, 0.6) is 0 Å². The van der Waals surface area contributed by atoms with E-state index in [0.717, 1.165) is 0 Å². The van der Waals surface area contributed by atoms with Crippen LogP contribution in [0.25, 0.3) is 0 Å². The molecule has 0 saturated carbocycles. The Morgan fingerprint density at radius 3 is 3.08 bits per heavy atom. The number of nitrogens with one attached hydrogen (secondary N) is 1. The quantitative estimate of drug-likeness (QED) is 0.589. The first kappa shape index (κ1) is 9.79. The fraction of sp³-hybridized carbons (Fsp3) is 0.714. The SMILES string of the molecule is CN1CC(CNC(=O)O)OCC1=O. The van der Waals surface area contributed by atoms with Gasteiger partial charge in [-0.2, -0.15) is 0 Å². The van der Waals surface area contributed by atoms with Gasteiger partial charge in [0.25, 0.3) is 0 Å². The average molecular weight is 188 g/mol. The summed E-state index contributed by atoms with van der Waals surface area (Å²) in [5.74, 6) is -0.0772. The Hall–Kier alpha value is -1.30. The lowest BCUT2D eigenvalue weighted by Crippen LogP contribution is -2.48. The van der Waals surface area contributed by atoms with E-state index in [0.29, 0.717) is 6.54 Å². The van der Waals surface area contributed by atoms with Crippen molar-refractivity contribution in [2.75, 3.05) is 26.7 Å². The fourth-order valence-electron chi connectivity index (χ4n) is 1.08. The molecule has 0 bridgehead atoms. The van der Waals surface area contributed by atoms with E-state index in [1.54, 1.807) is 7.05 Å². The molecule has 6 heteroatoms. The molecule has 2 amide bonds. The first-order chi connectivity index (χ1) is 6.09. The summed E-state index contributed by atoms with van der Waals surface area (Å²) in [6.45, 7) is 0.675. The molecule has 1 unspecified atom stereocenters. The van der Waals surface area contributed by atoms with Crippen LogP contribution in [-0.4, -0.2) is 54.9 Å². The van der Waals surface area contributed by atoms with Gasteiger partial charge >= 0.3 is 6.09 Å². The smallest absolute Gasteiger partial charge is 0.404 e.